The van der Waals surface area contributed by atoms with Gasteiger partial charge in [0.2, 0.25) is 0 Å². The molecule has 2 heteroatoms. The van der Waals surface area contributed by atoms with Gasteiger partial charge in [-0.3, -0.25) is 4.79 Å². The van der Waals surface area contributed by atoms with Crippen molar-refractivity contribution >= 4 is 5.78 Å². The summed E-state index contributed by atoms with van der Waals surface area (Å²) in [6.07, 6.45) is -0.174. The van der Waals surface area contributed by atoms with Crippen LogP contribution >= 0.6 is 0 Å². The van der Waals surface area contributed by atoms with Crippen LogP contribution in [-0.4, -0.2) is 17.0 Å². The number of aliphatic hydroxyl groups is 1. The maximum Gasteiger partial charge on any atom is 0.163 e. The first kappa shape index (κ1) is 10.6. The first-order valence-electron chi connectivity index (χ1n) is 4.17. The van der Waals surface area contributed by atoms with Gasteiger partial charge in [0.15, 0.2) is 5.78 Å². The Kier molecular flexibility index (Phi) is 4.34. The zero-order chi connectivity index (χ0) is 9.02. The average molecular weight is 158 g/mol. The smallest absolute Gasteiger partial charge is 0.163 e. The molecule has 0 spiro atoms. The van der Waals surface area contributed by atoms with E-state index in [2.05, 4.69) is 0 Å². The van der Waals surface area contributed by atoms with Crippen molar-refractivity contribution < 1.29 is 9.90 Å². The predicted octanol–water partition coefficient (Wildman–Crippen LogP) is 1.62. The van der Waals surface area contributed by atoms with Crippen molar-refractivity contribution in [2.24, 2.45) is 11.8 Å². The van der Waals surface area contributed by atoms with Crippen LogP contribution in [0.15, 0.2) is 0 Å². The van der Waals surface area contributed by atoms with E-state index in [1.807, 2.05) is 27.7 Å². The van der Waals surface area contributed by atoms with Crippen LogP contribution < -0.4 is 0 Å². The quantitative estimate of drug-likeness (QED) is 0.675. The Hall–Kier alpha value is -0.370. The molecule has 0 saturated carbocycles. The summed E-state index contributed by atoms with van der Waals surface area (Å²) in [6.45, 7) is 7.62. The second kappa shape index (κ2) is 4.50. The standard InChI is InChI=1S/C9H18O2/c1-6(2)5-8(10)9(11)7(3)4/h6-8,10H,5H2,1-4H3/t8-/m0/s1. The summed E-state index contributed by atoms with van der Waals surface area (Å²) in [7, 11) is 0. The molecule has 0 unspecified atom stereocenters. The highest BCUT2D eigenvalue weighted by Gasteiger charge is 2.18. The fraction of sp³-hybridized carbons (Fsp3) is 0.889. The Bertz CT molecular complexity index is 128. The Morgan fingerprint density at radius 1 is 1.27 bits per heavy atom. The van der Waals surface area contributed by atoms with Gasteiger partial charge in [0.25, 0.3) is 0 Å². The van der Waals surface area contributed by atoms with Gasteiger partial charge in [-0.2, -0.15) is 0 Å². The Balaban J connectivity index is 3.83. The van der Waals surface area contributed by atoms with Gasteiger partial charge in [0.05, 0.1) is 0 Å². The number of ketones is 1. The molecular weight excluding hydrogens is 140 g/mol. The van der Waals surface area contributed by atoms with Crippen LogP contribution in [0.1, 0.15) is 34.1 Å². The predicted molar refractivity (Wildman–Crippen MR) is 45.3 cm³/mol. The molecule has 0 radical (unpaired) electrons. The van der Waals surface area contributed by atoms with Gasteiger partial charge in [-0.05, 0) is 12.3 Å². The minimum atomic E-state index is -0.755. The lowest BCUT2D eigenvalue weighted by Gasteiger charge is -2.13. The van der Waals surface area contributed by atoms with Crippen LogP contribution in [0.2, 0.25) is 0 Å². The Labute approximate surface area is 68.6 Å². The van der Waals surface area contributed by atoms with Crippen LogP contribution in [0.5, 0.6) is 0 Å². The number of carbonyl (C=O) groups excluding carboxylic acids is 1. The molecule has 66 valence electrons. The fourth-order valence-corrected chi connectivity index (χ4v) is 0.947. The highest BCUT2D eigenvalue weighted by molar-refractivity contribution is 5.84. The van der Waals surface area contributed by atoms with Crippen molar-refractivity contribution in [3.05, 3.63) is 0 Å². The molecule has 0 saturated heterocycles. The summed E-state index contributed by atoms with van der Waals surface area (Å²) in [5.74, 6) is 0.287. The zero-order valence-corrected chi connectivity index (χ0v) is 7.79. The summed E-state index contributed by atoms with van der Waals surface area (Å²) >= 11 is 0. The lowest BCUT2D eigenvalue weighted by molar-refractivity contribution is -0.130. The fourth-order valence-electron chi connectivity index (χ4n) is 0.947. The van der Waals surface area contributed by atoms with E-state index in [-0.39, 0.29) is 11.7 Å². The summed E-state index contributed by atoms with van der Waals surface area (Å²) in [5.41, 5.74) is 0. The average Bonchev–Trinajstić information content (AvgIpc) is 1.84. The van der Waals surface area contributed by atoms with E-state index in [0.29, 0.717) is 12.3 Å². The van der Waals surface area contributed by atoms with Gasteiger partial charge in [-0.1, -0.05) is 27.7 Å². The monoisotopic (exact) mass is 158 g/mol. The van der Waals surface area contributed by atoms with Crippen molar-refractivity contribution in [2.75, 3.05) is 0 Å². The highest BCUT2D eigenvalue weighted by atomic mass is 16.3. The molecule has 0 aromatic rings. The molecule has 0 aromatic carbocycles. The molecule has 0 rings (SSSR count). The van der Waals surface area contributed by atoms with E-state index in [1.54, 1.807) is 0 Å². The molecule has 0 amide bonds. The van der Waals surface area contributed by atoms with Gasteiger partial charge in [-0.15, -0.1) is 0 Å². The van der Waals surface area contributed by atoms with Gasteiger partial charge < -0.3 is 5.11 Å². The summed E-state index contributed by atoms with van der Waals surface area (Å²) in [4.78, 5) is 11.1. The molecule has 0 aliphatic carbocycles. The van der Waals surface area contributed by atoms with E-state index in [9.17, 15) is 9.90 Å². The molecule has 1 N–H and O–H groups in total. The maximum atomic E-state index is 11.1. The largest absolute Gasteiger partial charge is 0.385 e. The van der Waals surface area contributed by atoms with Gasteiger partial charge in [-0.25, -0.2) is 0 Å². The molecular formula is C9H18O2. The molecule has 11 heavy (non-hydrogen) atoms. The van der Waals surface area contributed by atoms with Crippen molar-refractivity contribution in [2.45, 2.75) is 40.2 Å². The molecule has 0 bridgehead atoms. The number of aliphatic hydroxyl groups excluding tert-OH is 1. The SMILES string of the molecule is CC(C)C[C@H](O)C(=O)C(C)C. The van der Waals surface area contributed by atoms with E-state index >= 15 is 0 Å². The topological polar surface area (TPSA) is 37.3 Å². The van der Waals surface area contributed by atoms with Crippen molar-refractivity contribution in [3.63, 3.8) is 0 Å². The summed E-state index contributed by atoms with van der Waals surface area (Å²) < 4.78 is 0. The second-order valence-electron chi connectivity index (χ2n) is 3.70. The van der Waals surface area contributed by atoms with E-state index in [4.69, 9.17) is 0 Å². The first-order valence-corrected chi connectivity index (χ1v) is 4.17. The normalized spacial score (nSPS) is 14.1. The minimum absolute atomic E-state index is 0.0429. The number of rotatable bonds is 4. The molecule has 0 fully saturated rings. The number of hydrogen-bond donors (Lipinski definition) is 1. The molecule has 0 aromatic heterocycles. The van der Waals surface area contributed by atoms with Gasteiger partial charge >= 0.3 is 0 Å². The lowest BCUT2D eigenvalue weighted by atomic mass is 9.97. The summed E-state index contributed by atoms with van der Waals surface area (Å²) in [5, 5.41) is 9.31. The third-order valence-electron chi connectivity index (χ3n) is 1.59. The molecule has 1 atom stereocenters. The number of carbonyl (C=O) groups is 1. The molecule has 0 aliphatic rings. The third kappa shape index (κ3) is 4.14. The van der Waals surface area contributed by atoms with Crippen LogP contribution in [0, 0.1) is 11.8 Å². The van der Waals surface area contributed by atoms with E-state index < -0.39 is 6.10 Å². The summed E-state index contributed by atoms with van der Waals surface area (Å²) in [6, 6.07) is 0. The molecule has 0 heterocycles. The van der Waals surface area contributed by atoms with Crippen molar-refractivity contribution in [3.8, 4) is 0 Å². The minimum Gasteiger partial charge on any atom is -0.385 e. The maximum absolute atomic E-state index is 11.1. The first-order chi connectivity index (χ1) is 4.95. The van der Waals surface area contributed by atoms with Crippen molar-refractivity contribution in [1.82, 2.24) is 0 Å². The van der Waals surface area contributed by atoms with Gasteiger partial charge in [0.1, 0.15) is 6.10 Å². The second-order valence-corrected chi connectivity index (χ2v) is 3.70. The molecule has 2 nitrogen and oxygen atoms in total. The zero-order valence-electron chi connectivity index (χ0n) is 7.79. The van der Waals surface area contributed by atoms with Crippen LogP contribution in [0.4, 0.5) is 0 Å². The third-order valence-corrected chi connectivity index (χ3v) is 1.59. The number of hydrogen-bond acceptors (Lipinski definition) is 2. The van der Waals surface area contributed by atoms with Crippen molar-refractivity contribution in [1.29, 1.82) is 0 Å². The van der Waals surface area contributed by atoms with Crippen LogP contribution in [0.25, 0.3) is 0 Å². The van der Waals surface area contributed by atoms with Gasteiger partial charge in [0, 0.05) is 5.92 Å². The highest BCUT2D eigenvalue weighted by Crippen LogP contribution is 2.09. The van der Waals surface area contributed by atoms with E-state index in [0.717, 1.165) is 0 Å². The number of Topliss-reactive ketones (excluding diaryl/α,β-unsaturated/α-hetero) is 1. The Morgan fingerprint density at radius 3 is 2.00 bits per heavy atom. The van der Waals surface area contributed by atoms with Crippen LogP contribution in [0.3, 0.4) is 0 Å². The molecule has 0 aliphatic heterocycles. The Morgan fingerprint density at radius 2 is 1.73 bits per heavy atom. The lowest BCUT2D eigenvalue weighted by Crippen LogP contribution is -2.26. The van der Waals surface area contributed by atoms with Crippen LogP contribution in [-0.2, 0) is 4.79 Å². The van der Waals surface area contributed by atoms with E-state index in [1.165, 1.54) is 0 Å².